The van der Waals surface area contributed by atoms with Crippen molar-refractivity contribution in [1.82, 2.24) is 16.0 Å². The number of hydrogen-bond donors (Lipinski definition) is 6. The van der Waals surface area contributed by atoms with Gasteiger partial charge in [0.1, 0.15) is 11.6 Å². The summed E-state index contributed by atoms with van der Waals surface area (Å²) < 4.78 is 27.3. The summed E-state index contributed by atoms with van der Waals surface area (Å²) in [5.74, 6) is -1.37. The van der Waals surface area contributed by atoms with Crippen LogP contribution in [-0.2, 0) is 0 Å². The summed E-state index contributed by atoms with van der Waals surface area (Å²) in [6.45, 7) is 8.96. The van der Waals surface area contributed by atoms with E-state index in [2.05, 4.69) is 16.0 Å². The van der Waals surface area contributed by atoms with E-state index in [-0.39, 0.29) is 23.3 Å². The Balaban J connectivity index is 0.000000369. The molecular formula is C24H34F2N8O2. The van der Waals surface area contributed by atoms with Crippen LogP contribution >= 0.6 is 0 Å². The van der Waals surface area contributed by atoms with Gasteiger partial charge in [0.15, 0.2) is 0 Å². The van der Waals surface area contributed by atoms with E-state index in [9.17, 15) is 18.4 Å². The summed E-state index contributed by atoms with van der Waals surface area (Å²) >= 11 is 0. The van der Waals surface area contributed by atoms with Crippen molar-refractivity contribution < 1.29 is 18.4 Å². The molecule has 0 bridgehead atoms. The van der Waals surface area contributed by atoms with Crippen molar-refractivity contribution in [1.29, 1.82) is 10.8 Å². The molecule has 4 amide bonds. The van der Waals surface area contributed by atoms with Crippen molar-refractivity contribution in [3.05, 3.63) is 59.2 Å². The Hall–Kier alpha value is -4.22. The molecule has 0 saturated carbocycles. The first-order valence-corrected chi connectivity index (χ1v) is 10.9. The van der Waals surface area contributed by atoms with E-state index in [1.807, 2.05) is 20.8 Å². The lowest BCUT2D eigenvalue weighted by Gasteiger charge is -2.25. The molecule has 0 heterocycles. The van der Waals surface area contributed by atoms with Gasteiger partial charge in [-0.2, -0.15) is 0 Å². The predicted octanol–water partition coefficient (Wildman–Crippen LogP) is 3.78. The first-order chi connectivity index (χ1) is 16.5. The number of carbonyl (C=O) groups is 2. The number of nitrogens with zero attached hydrogens (tertiary/aromatic N) is 2. The van der Waals surface area contributed by atoms with Crippen LogP contribution in [0.3, 0.4) is 0 Å². The number of urea groups is 2. The number of carbonyl (C=O) groups excluding carboxylic acids is 2. The second-order valence-corrected chi connectivity index (χ2v) is 8.94. The molecule has 0 unspecified atom stereocenters. The number of halogens is 2. The van der Waals surface area contributed by atoms with Crippen LogP contribution in [0.4, 0.5) is 29.7 Å². The van der Waals surface area contributed by atoms with E-state index in [0.717, 1.165) is 0 Å². The zero-order valence-electron chi connectivity index (χ0n) is 21.5. The van der Waals surface area contributed by atoms with E-state index in [1.165, 1.54) is 36.0 Å². The van der Waals surface area contributed by atoms with Crippen molar-refractivity contribution >= 4 is 35.4 Å². The fourth-order valence-corrected chi connectivity index (χ4v) is 3.08. The lowest BCUT2D eigenvalue weighted by molar-refractivity contribution is 0.236. The second kappa shape index (κ2) is 12.5. The van der Waals surface area contributed by atoms with Gasteiger partial charge in [-0.15, -0.1) is 0 Å². The van der Waals surface area contributed by atoms with Crippen molar-refractivity contribution in [2.45, 2.75) is 40.2 Å². The molecule has 7 N–H and O–H groups in total. The average molecular weight is 505 g/mol. The Labute approximate surface area is 209 Å². The smallest absolute Gasteiger partial charge is 0.321 e. The Morgan fingerprint density at radius 1 is 0.833 bits per heavy atom. The first kappa shape index (κ1) is 29.8. The molecule has 2 aromatic carbocycles. The summed E-state index contributed by atoms with van der Waals surface area (Å²) in [4.78, 5) is 24.8. The number of guanidine groups is 2. The summed E-state index contributed by atoms with van der Waals surface area (Å²) in [6, 6.07) is 7.90. The number of nitrogens with two attached hydrogens (primary N) is 1. The molecule has 36 heavy (non-hydrogen) atoms. The lowest BCUT2D eigenvalue weighted by Crippen LogP contribution is -2.51. The molecule has 0 aliphatic carbocycles. The molecule has 0 atom stereocenters. The number of nitrogens with one attached hydrogen (secondary N) is 5. The third-order valence-electron chi connectivity index (χ3n) is 4.68. The van der Waals surface area contributed by atoms with E-state index in [1.54, 1.807) is 38.1 Å². The van der Waals surface area contributed by atoms with Gasteiger partial charge in [0.2, 0.25) is 11.9 Å². The molecule has 0 saturated heterocycles. The predicted molar refractivity (Wildman–Crippen MR) is 139 cm³/mol. The molecule has 0 aromatic heterocycles. The number of amides is 4. The van der Waals surface area contributed by atoms with Gasteiger partial charge in [0.25, 0.3) is 0 Å². The second-order valence-electron chi connectivity index (χ2n) is 8.94. The highest BCUT2D eigenvalue weighted by molar-refractivity contribution is 6.04. The number of para-hydroxylation sites is 2. The van der Waals surface area contributed by atoms with Crippen LogP contribution in [0.2, 0.25) is 0 Å². The Kier molecular flexibility index (Phi) is 10.3. The molecule has 0 aliphatic rings. The van der Waals surface area contributed by atoms with Crippen LogP contribution in [0.25, 0.3) is 0 Å². The third kappa shape index (κ3) is 8.85. The molecule has 0 spiro atoms. The molecule has 0 radical (unpaired) electrons. The minimum atomic E-state index is -0.856. The van der Waals surface area contributed by atoms with Crippen molar-refractivity contribution in [2.75, 3.05) is 23.9 Å². The van der Waals surface area contributed by atoms with Gasteiger partial charge in [-0.1, -0.05) is 24.3 Å². The van der Waals surface area contributed by atoms with Crippen LogP contribution in [0, 0.1) is 36.3 Å². The summed E-state index contributed by atoms with van der Waals surface area (Å²) in [7, 11) is 3.01. The van der Waals surface area contributed by atoms with Gasteiger partial charge in [0, 0.05) is 19.6 Å². The number of benzene rings is 2. The molecule has 196 valence electrons. The summed E-state index contributed by atoms with van der Waals surface area (Å²) in [5.41, 5.74) is 6.33. The van der Waals surface area contributed by atoms with Gasteiger partial charge in [0.05, 0.1) is 11.4 Å². The molecule has 2 aromatic rings. The van der Waals surface area contributed by atoms with Crippen LogP contribution in [0.1, 0.15) is 31.9 Å². The number of anilines is 2. The van der Waals surface area contributed by atoms with Crippen LogP contribution in [0.5, 0.6) is 0 Å². The van der Waals surface area contributed by atoms with Crippen molar-refractivity contribution in [2.24, 2.45) is 5.73 Å². The van der Waals surface area contributed by atoms with Gasteiger partial charge in [-0.3, -0.25) is 21.5 Å². The van der Waals surface area contributed by atoms with E-state index < -0.39 is 29.2 Å². The van der Waals surface area contributed by atoms with E-state index in [4.69, 9.17) is 16.6 Å². The zero-order chi connectivity index (χ0) is 27.8. The molecule has 0 aliphatic heterocycles. The number of primary amides is 1. The van der Waals surface area contributed by atoms with Crippen LogP contribution in [0.15, 0.2) is 36.4 Å². The Morgan fingerprint density at radius 3 is 1.56 bits per heavy atom. The quantitative estimate of drug-likeness (QED) is 0.272. The maximum atomic E-state index is 13.8. The maximum Gasteiger partial charge on any atom is 0.321 e. The topological polar surface area (TPSA) is 150 Å². The molecule has 2 rings (SSSR count). The van der Waals surface area contributed by atoms with Gasteiger partial charge in [-0.25, -0.2) is 18.4 Å². The van der Waals surface area contributed by atoms with Gasteiger partial charge in [-0.05, 0) is 57.9 Å². The van der Waals surface area contributed by atoms with E-state index in [0.29, 0.717) is 11.1 Å². The van der Waals surface area contributed by atoms with Crippen LogP contribution < -0.4 is 31.5 Å². The minimum absolute atomic E-state index is 0.194. The molecule has 12 heteroatoms. The number of hydrogen-bond acceptors (Lipinski definition) is 4. The average Bonchev–Trinajstić information content (AvgIpc) is 2.71. The van der Waals surface area contributed by atoms with Crippen molar-refractivity contribution in [3.8, 4) is 0 Å². The lowest BCUT2D eigenvalue weighted by atomic mass is 10.1. The highest BCUT2D eigenvalue weighted by atomic mass is 19.1. The fraction of sp³-hybridized carbons (Fsp3) is 0.333. The number of rotatable bonds is 2. The highest BCUT2D eigenvalue weighted by Crippen LogP contribution is 2.23. The zero-order valence-corrected chi connectivity index (χ0v) is 21.5. The van der Waals surface area contributed by atoms with Gasteiger partial charge >= 0.3 is 12.1 Å². The highest BCUT2D eigenvalue weighted by Gasteiger charge is 2.19. The SMILES string of the molecule is Cc1cccc(F)c1N(C)C(=N)NC(=O)NC(C)(C)C.Cc1cccc(F)c1N(C)C(=N)NC(N)=O. The molecule has 0 fully saturated rings. The van der Waals surface area contributed by atoms with E-state index >= 15 is 0 Å². The standard InChI is InChI=1S/C14H21FN4O.C10H13FN4O/c1-9-7-6-8-10(15)11(9)19(5)12(16)17-13(20)18-14(2,3)4;1-6-4-3-5-7(11)8(6)15(2)9(12)14-10(13)16/h6-8H,1-5H3,(H3,16,17,18,20);3-5H,1-2H3,(H4,12,13,14,16). The van der Waals surface area contributed by atoms with Gasteiger partial charge < -0.3 is 20.9 Å². The Morgan fingerprint density at radius 2 is 1.22 bits per heavy atom. The summed E-state index contributed by atoms with van der Waals surface area (Å²) in [6.07, 6.45) is 0. The first-order valence-electron chi connectivity index (χ1n) is 10.9. The van der Waals surface area contributed by atoms with Crippen LogP contribution in [-0.4, -0.2) is 43.6 Å². The molecular weight excluding hydrogens is 470 g/mol. The maximum absolute atomic E-state index is 13.8. The Bertz CT molecular complexity index is 1090. The van der Waals surface area contributed by atoms with Crippen molar-refractivity contribution in [3.63, 3.8) is 0 Å². The minimum Gasteiger partial charge on any atom is -0.351 e. The fourth-order valence-electron chi connectivity index (χ4n) is 3.08. The summed E-state index contributed by atoms with van der Waals surface area (Å²) in [5, 5.41) is 22.5. The largest absolute Gasteiger partial charge is 0.351 e. The number of aryl methyl sites for hydroxylation is 2. The monoisotopic (exact) mass is 504 g/mol. The molecule has 10 nitrogen and oxygen atoms in total. The third-order valence-corrected chi connectivity index (χ3v) is 4.68. The normalized spacial score (nSPS) is 10.4.